The van der Waals surface area contributed by atoms with Gasteiger partial charge in [-0.25, -0.2) is 0 Å². The summed E-state index contributed by atoms with van der Waals surface area (Å²) in [6.45, 7) is 9.23. The van der Waals surface area contributed by atoms with E-state index < -0.39 is 0 Å². The van der Waals surface area contributed by atoms with Crippen LogP contribution in [0.1, 0.15) is 79.8 Å². The number of amides is 2. The van der Waals surface area contributed by atoms with Gasteiger partial charge in [0.2, 0.25) is 11.8 Å². The third kappa shape index (κ3) is 6.75. The number of pyridine rings is 1. The number of likely N-dealkylation sites (tertiary alicyclic amines) is 2. The van der Waals surface area contributed by atoms with Gasteiger partial charge in [-0.2, -0.15) is 0 Å². The highest BCUT2D eigenvalue weighted by Crippen LogP contribution is 2.51. The number of allylic oxidation sites excluding steroid dienone is 2. The number of nitrogens with zero attached hydrogens (tertiary/aromatic N) is 3. The fourth-order valence-corrected chi connectivity index (χ4v) is 8.96. The number of ether oxygens (including phenoxy) is 1. The highest BCUT2D eigenvalue weighted by molar-refractivity contribution is 6.06. The summed E-state index contributed by atoms with van der Waals surface area (Å²) in [7, 11) is 0. The molecule has 7 heteroatoms. The Bertz CT molecular complexity index is 1720. The zero-order chi connectivity index (χ0) is 34.1. The van der Waals surface area contributed by atoms with Gasteiger partial charge in [0.1, 0.15) is 5.75 Å². The van der Waals surface area contributed by atoms with E-state index in [1.165, 1.54) is 16.7 Å². The second kappa shape index (κ2) is 14.4. The van der Waals surface area contributed by atoms with Crippen LogP contribution in [0.4, 0.5) is 0 Å². The molecule has 3 saturated heterocycles. The van der Waals surface area contributed by atoms with Crippen molar-refractivity contribution < 1.29 is 19.4 Å². The van der Waals surface area contributed by atoms with Crippen molar-refractivity contribution in [2.75, 3.05) is 19.7 Å². The normalized spacial score (nSPS) is 24.9. The molecule has 0 radical (unpaired) electrons. The van der Waals surface area contributed by atoms with E-state index in [1.807, 2.05) is 56.4 Å². The van der Waals surface area contributed by atoms with E-state index in [0.29, 0.717) is 18.8 Å². The van der Waals surface area contributed by atoms with E-state index in [1.54, 1.807) is 4.90 Å². The number of aryl methyl sites for hydroxylation is 2. The monoisotopic (exact) mass is 659 g/mol. The first-order valence-corrected chi connectivity index (χ1v) is 18.2. The summed E-state index contributed by atoms with van der Waals surface area (Å²) in [6, 6.07) is 20.5. The number of phenols is 1. The van der Waals surface area contributed by atoms with Crippen molar-refractivity contribution in [2.24, 2.45) is 17.8 Å². The Morgan fingerprint density at radius 1 is 0.980 bits per heavy atom. The second-order valence-electron chi connectivity index (χ2n) is 14.5. The summed E-state index contributed by atoms with van der Waals surface area (Å²) in [5.74, 6) is -0.199. The SMILES string of the molecule is CCCC1=C2[C@@H](CC/C(=C/c3cc(C)c(O)c(C)c3)c3ccccn3)OC[C@@H]2[C@@H]2C(=O)N(C3CCN(Cc4ccccc4)CC3)C(=O)[C@@H]2C1. The van der Waals surface area contributed by atoms with E-state index in [9.17, 15) is 14.7 Å². The van der Waals surface area contributed by atoms with Gasteiger partial charge in [0.05, 0.1) is 30.2 Å². The van der Waals surface area contributed by atoms with Gasteiger partial charge < -0.3 is 9.84 Å². The maximum atomic E-state index is 14.2. The Morgan fingerprint density at radius 2 is 1.71 bits per heavy atom. The molecule has 4 aliphatic rings. The molecule has 1 aromatic heterocycles. The number of aromatic hydroxyl groups is 1. The van der Waals surface area contributed by atoms with Crippen molar-refractivity contribution in [3.8, 4) is 5.75 Å². The zero-order valence-corrected chi connectivity index (χ0v) is 29.1. The van der Waals surface area contributed by atoms with E-state index in [2.05, 4.69) is 47.1 Å². The van der Waals surface area contributed by atoms with Crippen molar-refractivity contribution in [3.63, 3.8) is 0 Å². The molecule has 3 aliphatic heterocycles. The molecule has 0 saturated carbocycles. The first-order chi connectivity index (χ1) is 23.8. The number of carbonyl (C=O) groups excluding carboxylic acids is 2. The van der Waals surface area contributed by atoms with E-state index in [0.717, 1.165) is 86.1 Å². The number of fused-ring (bicyclic) bond motifs is 3. The number of hydrogen-bond donors (Lipinski definition) is 1. The molecule has 2 aromatic carbocycles. The lowest BCUT2D eigenvalue weighted by Gasteiger charge is -2.36. The topological polar surface area (TPSA) is 83.0 Å². The number of hydrogen-bond acceptors (Lipinski definition) is 6. The fourth-order valence-electron chi connectivity index (χ4n) is 8.96. The van der Waals surface area contributed by atoms with Crippen LogP contribution < -0.4 is 0 Å². The number of benzene rings is 2. The molecule has 1 aliphatic carbocycles. The number of imide groups is 1. The molecule has 7 nitrogen and oxygen atoms in total. The molecule has 7 rings (SSSR count). The van der Waals surface area contributed by atoms with Crippen LogP contribution in [0.5, 0.6) is 5.75 Å². The van der Waals surface area contributed by atoms with Gasteiger partial charge in [-0.1, -0.05) is 55.3 Å². The van der Waals surface area contributed by atoms with Gasteiger partial charge in [0.15, 0.2) is 0 Å². The van der Waals surface area contributed by atoms with Gasteiger partial charge in [-0.15, -0.1) is 0 Å². The lowest BCUT2D eigenvalue weighted by Crippen LogP contribution is -2.47. The van der Waals surface area contributed by atoms with E-state index in [-0.39, 0.29) is 41.7 Å². The third-order valence-corrected chi connectivity index (χ3v) is 11.3. The number of rotatable bonds is 10. The van der Waals surface area contributed by atoms with Crippen LogP contribution in [0, 0.1) is 31.6 Å². The van der Waals surface area contributed by atoms with Crippen molar-refractivity contribution in [3.05, 3.63) is 106 Å². The van der Waals surface area contributed by atoms with Crippen LogP contribution in [0.25, 0.3) is 11.6 Å². The summed E-state index contributed by atoms with van der Waals surface area (Å²) >= 11 is 0. The van der Waals surface area contributed by atoms with Crippen LogP contribution in [0.2, 0.25) is 0 Å². The maximum absolute atomic E-state index is 14.2. The Hall–Kier alpha value is -4.07. The lowest BCUT2D eigenvalue weighted by molar-refractivity contribution is -0.144. The van der Waals surface area contributed by atoms with E-state index >= 15 is 0 Å². The van der Waals surface area contributed by atoms with Gasteiger partial charge in [0, 0.05) is 37.8 Å². The quantitative estimate of drug-likeness (QED) is 0.179. The van der Waals surface area contributed by atoms with Gasteiger partial charge >= 0.3 is 0 Å². The lowest BCUT2D eigenvalue weighted by atomic mass is 9.68. The summed E-state index contributed by atoms with van der Waals surface area (Å²) in [4.78, 5) is 37.1. The average Bonchev–Trinajstić information content (AvgIpc) is 3.64. The summed E-state index contributed by atoms with van der Waals surface area (Å²) in [5.41, 5.74) is 8.70. The molecule has 1 N–H and O–H groups in total. The molecule has 0 unspecified atom stereocenters. The van der Waals surface area contributed by atoms with E-state index in [4.69, 9.17) is 4.74 Å². The van der Waals surface area contributed by atoms with Crippen LogP contribution in [0.15, 0.2) is 78.0 Å². The average molecular weight is 660 g/mol. The minimum Gasteiger partial charge on any atom is -0.507 e. The zero-order valence-electron chi connectivity index (χ0n) is 29.1. The summed E-state index contributed by atoms with van der Waals surface area (Å²) in [5, 5.41) is 10.4. The van der Waals surface area contributed by atoms with Gasteiger partial charge in [-0.3, -0.25) is 24.4 Å². The Morgan fingerprint density at radius 3 is 2.41 bits per heavy atom. The minimum absolute atomic E-state index is 0.0212. The van der Waals surface area contributed by atoms with Crippen LogP contribution in [-0.4, -0.2) is 63.5 Å². The van der Waals surface area contributed by atoms with Crippen LogP contribution >= 0.6 is 0 Å². The van der Waals surface area contributed by atoms with Crippen LogP contribution in [-0.2, 0) is 20.9 Å². The Kier molecular flexibility index (Phi) is 9.84. The van der Waals surface area contributed by atoms with Crippen molar-refractivity contribution in [2.45, 2.75) is 84.4 Å². The van der Waals surface area contributed by atoms with Crippen LogP contribution in [0.3, 0.4) is 0 Å². The first-order valence-electron chi connectivity index (χ1n) is 18.2. The number of piperidine rings is 1. The number of phenolic OH excluding ortho intramolecular Hbond substituents is 1. The molecule has 0 spiro atoms. The first kappa shape index (κ1) is 33.4. The molecular formula is C42H49N3O4. The van der Waals surface area contributed by atoms with Crippen molar-refractivity contribution >= 4 is 23.5 Å². The molecule has 0 bridgehead atoms. The highest BCUT2D eigenvalue weighted by atomic mass is 16.5. The predicted molar refractivity (Wildman–Crippen MR) is 192 cm³/mol. The van der Waals surface area contributed by atoms with Crippen molar-refractivity contribution in [1.82, 2.24) is 14.8 Å². The molecule has 4 heterocycles. The molecule has 2 amide bonds. The highest BCUT2D eigenvalue weighted by Gasteiger charge is 2.58. The van der Waals surface area contributed by atoms with Crippen molar-refractivity contribution in [1.29, 1.82) is 0 Å². The molecular weight excluding hydrogens is 610 g/mol. The fraction of sp³-hybridized carbons (Fsp3) is 0.452. The third-order valence-electron chi connectivity index (χ3n) is 11.3. The molecule has 3 fully saturated rings. The maximum Gasteiger partial charge on any atom is 0.234 e. The Labute approximate surface area is 290 Å². The number of aromatic nitrogens is 1. The summed E-state index contributed by atoms with van der Waals surface area (Å²) < 4.78 is 6.58. The second-order valence-corrected chi connectivity index (χ2v) is 14.5. The molecule has 256 valence electrons. The largest absolute Gasteiger partial charge is 0.507 e. The Balaban J connectivity index is 1.08. The molecule has 4 atom stereocenters. The molecule has 3 aromatic rings. The minimum atomic E-state index is -0.316. The van der Waals surface area contributed by atoms with Gasteiger partial charge in [-0.05, 0) is 116 Å². The molecule has 49 heavy (non-hydrogen) atoms. The number of carbonyl (C=O) groups is 2. The predicted octanol–water partition coefficient (Wildman–Crippen LogP) is 7.51. The smallest absolute Gasteiger partial charge is 0.234 e. The summed E-state index contributed by atoms with van der Waals surface area (Å²) in [6.07, 6.45) is 9.72. The van der Waals surface area contributed by atoms with Gasteiger partial charge in [0.25, 0.3) is 0 Å². The standard InChI is InChI=1S/C42H49N3O4/c1-4-10-32-24-34-39(42(48)45(41(34)47)33-16-19-44(20-17-33)25-29-11-6-5-7-12-29)35-26-49-37(38(32)35)15-14-31(36-13-8-9-18-43-36)23-30-21-27(2)40(46)28(3)22-30/h5-9,11-13,18,21-23,33-35,37,39,46H,4,10,14-17,19-20,24-26H2,1-3H3/b31-23-/t34-,35+,37-,39-/m1/s1.